The number of carbonyl (C=O) groups is 1. The van der Waals surface area contributed by atoms with Crippen LogP contribution < -0.4 is 5.73 Å². The van der Waals surface area contributed by atoms with E-state index < -0.39 is 5.60 Å². The average Bonchev–Trinajstić information content (AvgIpc) is 2.68. The van der Waals surface area contributed by atoms with Gasteiger partial charge in [-0.2, -0.15) is 0 Å². The molecule has 0 saturated carbocycles. The van der Waals surface area contributed by atoms with E-state index in [1.807, 2.05) is 20.8 Å². The van der Waals surface area contributed by atoms with E-state index in [2.05, 4.69) is 6.07 Å². The highest BCUT2D eigenvalue weighted by Crippen LogP contribution is 2.28. The van der Waals surface area contributed by atoms with Gasteiger partial charge in [0.25, 0.3) is 0 Å². The molecule has 5 heteroatoms. The smallest absolute Gasteiger partial charge is 0.410 e. The Bertz CT molecular complexity index is 448. The van der Waals surface area contributed by atoms with E-state index in [0.717, 1.165) is 13.0 Å². The minimum Gasteiger partial charge on any atom is -0.444 e. The molecule has 0 aromatic carbocycles. The van der Waals surface area contributed by atoms with E-state index in [4.69, 9.17) is 10.5 Å². The summed E-state index contributed by atoms with van der Waals surface area (Å²) in [5.41, 5.74) is 6.54. The maximum Gasteiger partial charge on any atom is 0.410 e. The van der Waals surface area contributed by atoms with Gasteiger partial charge in [0.15, 0.2) is 0 Å². The summed E-state index contributed by atoms with van der Waals surface area (Å²) < 4.78 is 5.39. The van der Waals surface area contributed by atoms with Crippen LogP contribution in [0.2, 0.25) is 0 Å². The Morgan fingerprint density at radius 2 is 2.28 bits per heavy atom. The van der Waals surface area contributed by atoms with Gasteiger partial charge in [0.05, 0.1) is 6.54 Å². The third-order valence-electron chi connectivity index (χ3n) is 2.79. The fraction of sp³-hybridized carbons (Fsp3) is 0.615. The maximum absolute atomic E-state index is 12.0. The number of nitrogens with two attached hydrogens (primary N) is 1. The highest BCUT2D eigenvalue weighted by molar-refractivity contribution is 7.12. The molecule has 4 nitrogen and oxygen atoms in total. The number of hydrogen-bond donors (Lipinski definition) is 1. The van der Waals surface area contributed by atoms with Crippen LogP contribution in [0, 0.1) is 0 Å². The standard InChI is InChI=1S/C13H20N2O2S/c1-13(2,3)17-12(16)15-5-4-9-6-10(7-14)18-11(9)8-15/h6H,4-5,7-8,14H2,1-3H3. The molecule has 2 heterocycles. The average molecular weight is 268 g/mol. The molecule has 0 fully saturated rings. The predicted octanol–water partition coefficient (Wildman–Crippen LogP) is 2.50. The molecule has 1 aliphatic heterocycles. The van der Waals surface area contributed by atoms with Crippen LogP contribution in [0.5, 0.6) is 0 Å². The molecule has 100 valence electrons. The van der Waals surface area contributed by atoms with Gasteiger partial charge < -0.3 is 15.4 Å². The summed E-state index contributed by atoms with van der Waals surface area (Å²) in [6.45, 7) is 7.61. The summed E-state index contributed by atoms with van der Waals surface area (Å²) in [6.07, 6.45) is 0.668. The quantitative estimate of drug-likeness (QED) is 0.851. The molecule has 1 amide bonds. The van der Waals surface area contributed by atoms with Gasteiger partial charge in [-0.1, -0.05) is 0 Å². The Kier molecular flexibility index (Phi) is 3.64. The van der Waals surface area contributed by atoms with Crippen molar-refractivity contribution in [1.29, 1.82) is 0 Å². The molecule has 0 spiro atoms. The molecule has 0 atom stereocenters. The Morgan fingerprint density at radius 1 is 1.56 bits per heavy atom. The Morgan fingerprint density at radius 3 is 2.89 bits per heavy atom. The van der Waals surface area contributed by atoms with Crippen molar-refractivity contribution in [2.75, 3.05) is 6.54 Å². The molecule has 0 radical (unpaired) electrons. The SMILES string of the molecule is CC(C)(C)OC(=O)N1CCc2cc(CN)sc2C1. The van der Waals surface area contributed by atoms with Crippen molar-refractivity contribution in [3.05, 3.63) is 21.4 Å². The van der Waals surface area contributed by atoms with E-state index in [1.54, 1.807) is 16.2 Å². The van der Waals surface area contributed by atoms with Crippen LogP contribution in [-0.4, -0.2) is 23.1 Å². The molecule has 0 bridgehead atoms. The first-order chi connectivity index (χ1) is 8.39. The lowest BCUT2D eigenvalue weighted by molar-refractivity contribution is 0.0226. The van der Waals surface area contributed by atoms with Crippen molar-refractivity contribution in [2.45, 2.75) is 45.9 Å². The van der Waals surface area contributed by atoms with E-state index in [0.29, 0.717) is 13.1 Å². The number of nitrogens with zero attached hydrogens (tertiary/aromatic N) is 1. The van der Waals surface area contributed by atoms with Crippen molar-refractivity contribution in [3.63, 3.8) is 0 Å². The van der Waals surface area contributed by atoms with Crippen molar-refractivity contribution >= 4 is 17.4 Å². The second-order valence-corrected chi connectivity index (χ2v) is 6.74. The normalized spacial score (nSPS) is 15.4. The summed E-state index contributed by atoms with van der Waals surface area (Å²) >= 11 is 1.70. The summed E-state index contributed by atoms with van der Waals surface area (Å²) in [7, 11) is 0. The highest BCUT2D eigenvalue weighted by atomic mass is 32.1. The number of thiophene rings is 1. The van der Waals surface area contributed by atoms with Gasteiger partial charge in [-0.3, -0.25) is 0 Å². The van der Waals surface area contributed by atoms with Gasteiger partial charge in [-0.05, 0) is 38.8 Å². The molecule has 1 aromatic rings. The number of hydrogen-bond acceptors (Lipinski definition) is 4. The van der Waals surface area contributed by atoms with Gasteiger partial charge >= 0.3 is 6.09 Å². The predicted molar refractivity (Wildman–Crippen MR) is 72.6 cm³/mol. The Labute approximate surface area is 112 Å². The first-order valence-electron chi connectivity index (χ1n) is 6.17. The summed E-state index contributed by atoms with van der Waals surface area (Å²) in [6, 6.07) is 2.16. The van der Waals surface area contributed by atoms with Crippen molar-refractivity contribution in [1.82, 2.24) is 4.90 Å². The zero-order chi connectivity index (χ0) is 13.3. The van der Waals surface area contributed by atoms with Crippen LogP contribution in [0.25, 0.3) is 0 Å². The Hall–Kier alpha value is -1.07. The van der Waals surface area contributed by atoms with Gasteiger partial charge in [0.2, 0.25) is 0 Å². The number of amides is 1. The highest BCUT2D eigenvalue weighted by Gasteiger charge is 2.26. The van der Waals surface area contributed by atoms with E-state index >= 15 is 0 Å². The third kappa shape index (κ3) is 3.03. The van der Waals surface area contributed by atoms with Crippen LogP contribution in [0.1, 0.15) is 36.1 Å². The molecule has 1 aromatic heterocycles. The first kappa shape index (κ1) is 13.4. The molecular formula is C13H20N2O2S. The summed E-state index contributed by atoms with van der Waals surface area (Å²) in [5, 5.41) is 0. The summed E-state index contributed by atoms with van der Waals surface area (Å²) in [5.74, 6) is 0. The number of fused-ring (bicyclic) bond motifs is 1. The lowest BCUT2D eigenvalue weighted by atomic mass is 10.1. The van der Waals surface area contributed by atoms with Crippen molar-refractivity contribution in [3.8, 4) is 0 Å². The number of carbonyl (C=O) groups excluding carboxylic acids is 1. The Balaban J connectivity index is 2.05. The fourth-order valence-electron chi connectivity index (χ4n) is 1.96. The van der Waals surface area contributed by atoms with Crippen LogP contribution in [-0.2, 0) is 24.2 Å². The van der Waals surface area contributed by atoms with Crippen molar-refractivity contribution < 1.29 is 9.53 Å². The first-order valence-corrected chi connectivity index (χ1v) is 6.99. The summed E-state index contributed by atoms with van der Waals surface area (Å²) in [4.78, 5) is 16.2. The second kappa shape index (κ2) is 4.90. The molecule has 0 unspecified atom stereocenters. The molecular weight excluding hydrogens is 248 g/mol. The molecule has 1 aliphatic rings. The topological polar surface area (TPSA) is 55.6 Å². The van der Waals surface area contributed by atoms with Gasteiger partial charge in [-0.25, -0.2) is 4.79 Å². The largest absolute Gasteiger partial charge is 0.444 e. The molecule has 2 N–H and O–H groups in total. The number of rotatable bonds is 1. The van der Waals surface area contributed by atoms with E-state index in [9.17, 15) is 4.79 Å². The second-order valence-electron chi connectivity index (χ2n) is 5.52. The third-order valence-corrected chi connectivity index (χ3v) is 3.97. The monoisotopic (exact) mass is 268 g/mol. The zero-order valence-electron chi connectivity index (χ0n) is 11.2. The maximum atomic E-state index is 12.0. The van der Waals surface area contributed by atoms with Gasteiger partial charge in [0, 0.05) is 22.8 Å². The van der Waals surface area contributed by atoms with Crippen LogP contribution in [0.4, 0.5) is 4.79 Å². The molecule has 2 rings (SSSR count). The zero-order valence-corrected chi connectivity index (χ0v) is 12.0. The van der Waals surface area contributed by atoms with E-state index in [-0.39, 0.29) is 6.09 Å². The van der Waals surface area contributed by atoms with Gasteiger partial charge in [-0.15, -0.1) is 11.3 Å². The van der Waals surface area contributed by atoms with Crippen LogP contribution >= 0.6 is 11.3 Å². The van der Waals surface area contributed by atoms with Crippen molar-refractivity contribution in [2.24, 2.45) is 5.73 Å². The fourth-order valence-corrected chi connectivity index (χ4v) is 3.08. The van der Waals surface area contributed by atoms with E-state index in [1.165, 1.54) is 15.3 Å². The lowest BCUT2D eigenvalue weighted by Crippen LogP contribution is -2.39. The molecule has 0 aliphatic carbocycles. The molecule has 18 heavy (non-hydrogen) atoms. The molecule has 0 saturated heterocycles. The lowest BCUT2D eigenvalue weighted by Gasteiger charge is -2.29. The number of ether oxygens (including phenoxy) is 1. The van der Waals surface area contributed by atoms with Crippen LogP contribution in [0.15, 0.2) is 6.07 Å². The van der Waals surface area contributed by atoms with Crippen LogP contribution in [0.3, 0.4) is 0 Å². The van der Waals surface area contributed by atoms with Gasteiger partial charge in [0.1, 0.15) is 5.60 Å². The minimum absolute atomic E-state index is 0.226. The minimum atomic E-state index is -0.435.